The molecule has 0 aromatic carbocycles. The van der Waals surface area contributed by atoms with Gasteiger partial charge in [-0.05, 0) is 12.0 Å². The summed E-state index contributed by atoms with van der Waals surface area (Å²) in [6.07, 6.45) is 2.93. The Morgan fingerprint density at radius 3 is 2.75 bits per heavy atom. The first-order valence-electron chi connectivity index (χ1n) is 4.95. The van der Waals surface area contributed by atoms with E-state index in [1.165, 1.54) is 12.5 Å². The lowest BCUT2D eigenvalue weighted by Crippen LogP contribution is -2.16. The zero-order chi connectivity index (χ0) is 11.7. The van der Waals surface area contributed by atoms with Gasteiger partial charge in [0, 0.05) is 0 Å². The number of rotatable bonds is 2. The SMILES string of the molecule is CC(C)c1c(O)nc(-c2ccoc2)[nH]c1=O. The number of hydrogen-bond acceptors (Lipinski definition) is 4. The fourth-order valence-corrected chi connectivity index (χ4v) is 1.53. The lowest BCUT2D eigenvalue weighted by Gasteiger charge is -2.06. The van der Waals surface area contributed by atoms with Gasteiger partial charge in [0.1, 0.15) is 12.1 Å². The maximum Gasteiger partial charge on any atom is 0.258 e. The predicted octanol–water partition coefficient (Wildman–Crippen LogP) is 1.86. The van der Waals surface area contributed by atoms with Crippen molar-refractivity contribution >= 4 is 0 Å². The Morgan fingerprint density at radius 1 is 1.50 bits per heavy atom. The first-order valence-corrected chi connectivity index (χ1v) is 4.95. The molecule has 16 heavy (non-hydrogen) atoms. The largest absolute Gasteiger partial charge is 0.493 e. The van der Waals surface area contributed by atoms with Gasteiger partial charge in [-0.2, -0.15) is 4.98 Å². The van der Waals surface area contributed by atoms with Crippen LogP contribution in [0.3, 0.4) is 0 Å². The topological polar surface area (TPSA) is 79.1 Å². The van der Waals surface area contributed by atoms with Crippen molar-refractivity contribution in [3.8, 4) is 17.3 Å². The normalized spacial score (nSPS) is 10.9. The van der Waals surface area contributed by atoms with Crippen molar-refractivity contribution < 1.29 is 9.52 Å². The van der Waals surface area contributed by atoms with E-state index in [1.54, 1.807) is 6.07 Å². The van der Waals surface area contributed by atoms with Crippen LogP contribution in [0.15, 0.2) is 27.8 Å². The highest BCUT2D eigenvalue weighted by Gasteiger charge is 2.14. The summed E-state index contributed by atoms with van der Waals surface area (Å²) in [6, 6.07) is 1.66. The molecule has 0 aliphatic heterocycles. The molecule has 2 heterocycles. The smallest absolute Gasteiger partial charge is 0.258 e. The zero-order valence-electron chi connectivity index (χ0n) is 9.02. The maximum absolute atomic E-state index is 11.7. The van der Waals surface area contributed by atoms with Crippen LogP contribution in [0.2, 0.25) is 0 Å². The van der Waals surface area contributed by atoms with Gasteiger partial charge in [0.25, 0.3) is 5.56 Å². The number of hydrogen-bond donors (Lipinski definition) is 2. The van der Waals surface area contributed by atoms with E-state index < -0.39 is 0 Å². The lowest BCUT2D eigenvalue weighted by atomic mass is 10.1. The molecule has 0 saturated heterocycles. The molecule has 84 valence electrons. The molecular formula is C11H12N2O3. The summed E-state index contributed by atoms with van der Waals surface area (Å²) in [5.41, 5.74) is 0.605. The van der Waals surface area contributed by atoms with E-state index in [4.69, 9.17) is 4.42 Å². The van der Waals surface area contributed by atoms with Gasteiger partial charge in [0.05, 0.1) is 17.4 Å². The third kappa shape index (κ3) is 1.71. The maximum atomic E-state index is 11.7. The van der Waals surface area contributed by atoms with Crippen molar-refractivity contribution in [2.45, 2.75) is 19.8 Å². The van der Waals surface area contributed by atoms with Gasteiger partial charge in [0.2, 0.25) is 5.88 Å². The van der Waals surface area contributed by atoms with Crippen molar-refractivity contribution in [3.05, 3.63) is 34.5 Å². The Labute approximate surface area is 91.8 Å². The second kappa shape index (κ2) is 3.84. The molecule has 0 aliphatic carbocycles. The summed E-state index contributed by atoms with van der Waals surface area (Å²) in [5.74, 6) is 0.00486. The van der Waals surface area contributed by atoms with E-state index in [1.807, 2.05) is 13.8 Å². The van der Waals surface area contributed by atoms with E-state index >= 15 is 0 Å². The molecule has 0 unspecified atom stereocenters. The Morgan fingerprint density at radius 2 is 2.25 bits per heavy atom. The number of aromatic hydroxyl groups is 1. The average Bonchev–Trinajstić information content (AvgIpc) is 2.67. The predicted molar refractivity (Wildman–Crippen MR) is 58.3 cm³/mol. The van der Waals surface area contributed by atoms with Gasteiger partial charge in [-0.3, -0.25) is 4.79 Å². The fraction of sp³-hybridized carbons (Fsp3) is 0.273. The van der Waals surface area contributed by atoms with Crippen molar-refractivity contribution in [2.75, 3.05) is 0 Å². The van der Waals surface area contributed by atoms with Crippen molar-refractivity contribution in [1.29, 1.82) is 0 Å². The van der Waals surface area contributed by atoms with Crippen molar-refractivity contribution in [1.82, 2.24) is 9.97 Å². The zero-order valence-corrected chi connectivity index (χ0v) is 9.02. The van der Waals surface area contributed by atoms with Gasteiger partial charge in [-0.25, -0.2) is 0 Å². The quantitative estimate of drug-likeness (QED) is 0.809. The summed E-state index contributed by atoms with van der Waals surface area (Å²) < 4.78 is 4.88. The summed E-state index contributed by atoms with van der Waals surface area (Å²) in [6.45, 7) is 3.65. The van der Waals surface area contributed by atoms with Gasteiger partial charge in [-0.1, -0.05) is 13.8 Å². The number of aromatic amines is 1. The lowest BCUT2D eigenvalue weighted by molar-refractivity contribution is 0.440. The minimum Gasteiger partial charge on any atom is -0.493 e. The molecule has 2 aromatic heterocycles. The molecule has 0 aliphatic rings. The Kier molecular flexibility index (Phi) is 2.52. The molecule has 0 fully saturated rings. The second-order valence-corrected chi connectivity index (χ2v) is 3.82. The average molecular weight is 220 g/mol. The van der Waals surface area contributed by atoms with E-state index in [-0.39, 0.29) is 17.4 Å². The molecule has 5 heteroatoms. The third-order valence-electron chi connectivity index (χ3n) is 2.31. The molecule has 0 amide bonds. The highest BCUT2D eigenvalue weighted by atomic mass is 16.3. The van der Waals surface area contributed by atoms with Crippen LogP contribution in [-0.4, -0.2) is 15.1 Å². The van der Waals surface area contributed by atoms with Crippen molar-refractivity contribution in [2.24, 2.45) is 0 Å². The standard InChI is InChI=1S/C11H12N2O3/c1-6(2)8-10(14)12-9(13-11(8)15)7-3-4-16-5-7/h3-6H,1-2H3,(H2,12,13,14,15). The number of furan rings is 1. The van der Waals surface area contributed by atoms with Crippen LogP contribution < -0.4 is 5.56 Å². The van der Waals surface area contributed by atoms with Crippen LogP contribution in [-0.2, 0) is 0 Å². The van der Waals surface area contributed by atoms with Crippen LogP contribution in [0.4, 0.5) is 0 Å². The first-order chi connectivity index (χ1) is 7.59. The van der Waals surface area contributed by atoms with Crippen LogP contribution >= 0.6 is 0 Å². The molecule has 0 radical (unpaired) electrons. The van der Waals surface area contributed by atoms with Crippen LogP contribution in [0, 0.1) is 0 Å². The van der Waals surface area contributed by atoms with E-state index in [0.717, 1.165) is 0 Å². The van der Waals surface area contributed by atoms with Crippen LogP contribution in [0.1, 0.15) is 25.3 Å². The Hall–Kier alpha value is -2.04. The van der Waals surface area contributed by atoms with Gasteiger partial charge >= 0.3 is 0 Å². The molecule has 0 spiro atoms. The van der Waals surface area contributed by atoms with Crippen molar-refractivity contribution in [3.63, 3.8) is 0 Å². The number of nitrogens with zero attached hydrogens (tertiary/aromatic N) is 1. The highest BCUT2D eigenvalue weighted by molar-refractivity contribution is 5.53. The van der Waals surface area contributed by atoms with Gasteiger partial charge < -0.3 is 14.5 Å². The van der Waals surface area contributed by atoms with Crippen LogP contribution in [0.25, 0.3) is 11.4 Å². The Bertz CT molecular complexity index is 541. The second-order valence-electron chi connectivity index (χ2n) is 3.82. The highest BCUT2D eigenvalue weighted by Crippen LogP contribution is 2.22. The van der Waals surface area contributed by atoms with Gasteiger partial charge in [-0.15, -0.1) is 0 Å². The van der Waals surface area contributed by atoms with E-state index in [9.17, 15) is 9.90 Å². The monoisotopic (exact) mass is 220 g/mol. The summed E-state index contributed by atoms with van der Waals surface area (Å²) in [4.78, 5) is 18.3. The number of aromatic nitrogens is 2. The third-order valence-corrected chi connectivity index (χ3v) is 2.31. The molecule has 0 bridgehead atoms. The first kappa shape index (κ1) is 10.5. The molecule has 0 atom stereocenters. The van der Waals surface area contributed by atoms with Gasteiger partial charge in [0.15, 0.2) is 0 Å². The summed E-state index contributed by atoms with van der Waals surface area (Å²) in [7, 11) is 0. The molecule has 2 rings (SSSR count). The number of nitrogens with one attached hydrogen (secondary N) is 1. The van der Waals surface area contributed by atoms with Crippen LogP contribution in [0.5, 0.6) is 5.88 Å². The number of H-pyrrole nitrogens is 1. The van der Waals surface area contributed by atoms with E-state index in [0.29, 0.717) is 17.0 Å². The fourth-order valence-electron chi connectivity index (χ4n) is 1.53. The van der Waals surface area contributed by atoms with E-state index in [2.05, 4.69) is 9.97 Å². The summed E-state index contributed by atoms with van der Waals surface area (Å²) in [5, 5.41) is 9.68. The molecule has 0 saturated carbocycles. The molecule has 2 aromatic rings. The summed E-state index contributed by atoms with van der Waals surface area (Å²) >= 11 is 0. The molecule has 5 nitrogen and oxygen atoms in total. The minimum atomic E-state index is -0.321. The molecular weight excluding hydrogens is 208 g/mol. The Balaban J connectivity index is 2.58. The minimum absolute atomic E-state index is 0.0744. The molecule has 2 N–H and O–H groups in total.